The molecule has 104 valence electrons. The van der Waals surface area contributed by atoms with E-state index in [1.165, 1.54) is 17.3 Å². The maximum Gasteiger partial charge on any atom is 0.256 e. The van der Waals surface area contributed by atoms with Crippen LogP contribution in [-0.2, 0) is 6.54 Å². The molecular formula is C14H11Cl3N2O. The van der Waals surface area contributed by atoms with E-state index in [1.807, 2.05) is 0 Å². The smallest absolute Gasteiger partial charge is 0.256 e. The van der Waals surface area contributed by atoms with Crippen molar-refractivity contribution in [2.75, 3.05) is 7.05 Å². The van der Waals surface area contributed by atoms with Gasteiger partial charge in [-0.05, 0) is 23.8 Å². The second-order valence-corrected chi connectivity index (χ2v) is 5.50. The molecule has 1 aromatic heterocycles. The van der Waals surface area contributed by atoms with E-state index in [4.69, 9.17) is 34.8 Å². The molecule has 0 spiro atoms. The number of nitrogens with zero attached hydrogens (tertiary/aromatic N) is 2. The Kier molecular flexibility index (Phi) is 4.86. The number of aromatic nitrogens is 1. The highest BCUT2D eigenvalue weighted by atomic mass is 35.5. The minimum atomic E-state index is -0.214. The number of hydrogen-bond donors (Lipinski definition) is 0. The van der Waals surface area contributed by atoms with Crippen LogP contribution >= 0.6 is 34.8 Å². The van der Waals surface area contributed by atoms with Gasteiger partial charge in [0.15, 0.2) is 0 Å². The predicted octanol–water partition coefficient (Wildman–Crippen LogP) is 4.31. The lowest BCUT2D eigenvalue weighted by atomic mass is 10.2. The van der Waals surface area contributed by atoms with Crippen LogP contribution in [0.3, 0.4) is 0 Å². The minimum Gasteiger partial charge on any atom is -0.337 e. The molecule has 0 saturated heterocycles. The molecule has 0 aliphatic carbocycles. The molecule has 2 aromatic rings. The number of rotatable bonds is 3. The highest BCUT2D eigenvalue weighted by molar-refractivity contribution is 6.35. The van der Waals surface area contributed by atoms with Gasteiger partial charge in [0.2, 0.25) is 0 Å². The minimum absolute atomic E-state index is 0.214. The van der Waals surface area contributed by atoms with Crippen LogP contribution in [0.2, 0.25) is 15.1 Å². The summed E-state index contributed by atoms with van der Waals surface area (Å²) in [6, 6.07) is 6.75. The van der Waals surface area contributed by atoms with E-state index < -0.39 is 0 Å². The van der Waals surface area contributed by atoms with Gasteiger partial charge in [0.25, 0.3) is 5.91 Å². The van der Waals surface area contributed by atoms with E-state index in [9.17, 15) is 4.79 Å². The van der Waals surface area contributed by atoms with E-state index in [0.717, 1.165) is 5.56 Å². The fourth-order valence-electron chi connectivity index (χ4n) is 1.72. The Balaban J connectivity index is 2.18. The highest BCUT2D eigenvalue weighted by Crippen LogP contribution is 2.23. The number of pyridine rings is 1. The molecule has 20 heavy (non-hydrogen) atoms. The average Bonchev–Trinajstić information content (AvgIpc) is 2.41. The van der Waals surface area contributed by atoms with Crippen LogP contribution in [0.1, 0.15) is 15.9 Å². The molecule has 1 heterocycles. The van der Waals surface area contributed by atoms with Crippen molar-refractivity contribution in [3.8, 4) is 0 Å². The molecule has 0 bridgehead atoms. The Hall–Kier alpha value is -1.29. The molecule has 0 radical (unpaired) electrons. The third kappa shape index (κ3) is 3.42. The lowest BCUT2D eigenvalue weighted by Crippen LogP contribution is -2.26. The van der Waals surface area contributed by atoms with E-state index in [2.05, 4.69) is 4.98 Å². The molecule has 6 heteroatoms. The highest BCUT2D eigenvalue weighted by Gasteiger charge is 2.16. The molecule has 0 N–H and O–H groups in total. The summed E-state index contributed by atoms with van der Waals surface area (Å²) in [4.78, 5) is 17.7. The van der Waals surface area contributed by atoms with Crippen LogP contribution in [0.5, 0.6) is 0 Å². The van der Waals surface area contributed by atoms with Gasteiger partial charge in [0, 0.05) is 36.0 Å². The lowest BCUT2D eigenvalue weighted by Gasteiger charge is -2.18. The van der Waals surface area contributed by atoms with Crippen LogP contribution in [0, 0.1) is 0 Å². The van der Waals surface area contributed by atoms with Gasteiger partial charge >= 0.3 is 0 Å². The van der Waals surface area contributed by atoms with Gasteiger partial charge in [0.1, 0.15) is 0 Å². The van der Waals surface area contributed by atoms with Crippen LogP contribution < -0.4 is 0 Å². The standard InChI is InChI=1S/C14H11Cl3N2O/c1-19(8-9-2-3-10(15)6-13(9)17)14(20)11-7-18-5-4-12(11)16/h2-7H,8H2,1H3. The molecule has 0 saturated carbocycles. The van der Waals surface area contributed by atoms with E-state index in [0.29, 0.717) is 27.2 Å². The van der Waals surface area contributed by atoms with E-state index in [1.54, 1.807) is 31.3 Å². The molecule has 1 amide bonds. The van der Waals surface area contributed by atoms with Crippen LogP contribution in [0.15, 0.2) is 36.7 Å². The number of carbonyl (C=O) groups is 1. The largest absolute Gasteiger partial charge is 0.337 e. The topological polar surface area (TPSA) is 33.2 Å². The van der Waals surface area contributed by atoms with Gasteiger partial charge in [-0.15, -0.1) is 0 Å². The Morgan fingerprint density at radius 1 is 1.20 bits per heavy atom. The zero-order valence-electron chi connectivity index (χ0n) is 10.6. The van der Waals surface area contributed by atoms with Gasteiger partial charge in [-0.3, -0.25) is 9.78 Å². The molecule has 0 aliphatic rings. The second-order valence-electron chi connectivity index (χ2n) is 4.25. The quantitative estimate of drug-likeness (QED) is 0.840. The summed E-state index contributed by atoms with van der Waals surface area (Å²) in [5, 5.41) is 1.46. The van der Waals surface area contributed by atoms with Crippen molar-refractivity contribution in [3.63, 3.8) is 0 Å². The van der Waals surface area contributed by atoms with E-state index in [-0.39, 0.29) is 5.91 Å². The molecular weight excluding hydrogens is 319 g/mol. The number of benzene rings is 1. The van der Waals surface area contributed by atoms with Crippen LogP contribution in [0.4, 0.5) is 0 Å². The SMILES string of the molecule is CN(Cc1ccc(Cl)cc1Cl)C(=O)c1cnccc1Cl. The summed E-state index contributed by atoms with van der Waals surface area (Å²) in [5.41, 5.74) is 1.17. The first-order valence-corrected chi connectivity index (χ1v) is 6.91. The zero-order chi connectivity index (χ0) is 14.7. The molecule has 1 aromatic carbocycles. The van der Waals surface area contributed by atoms with Crippen LogP contribution in [0.25, 0.3) is 0 Å². The first-order chi connectivity index (χ1) is 9.49. The molecule has 3 nitrogen and oxygen atoms in total. The van der Waals surface area contributed by atoms with Crippen molar-refractivity contribution in [1.82, 2.24) is 9.88 Å². The lowest BCUT2D eigenvalue weighted by molar-refractivity contribution is 0.0785. The van der Waals surface area contributed by atoms with Crippen molar-refractivity contribution >= 4 is 40.7 Å². The molecule has 0 fully saturated rings. The van der Waals surface area contributed by atoms with Crippen molar-refractivity contribution in [3.05, 3.63) is 62.9 Å². The summed E-state index contributed by atoms with van der Waals surface area (Å²) in [6.45, 7) is 0.361. The summed E-state index contributed by atoms with van der Waals surface area (Å²) >= 11 is 17.9. The summed E-state index contributed by atoms with van der Waals surface area (Å²) < 4.78 is 0. The zero-order valence-corrected chi connectivity index (χ0v) is 12.9. The molecule has 0 unspecified atom stereocenters. The normalized spacial score (nSPS) is 10.4. The average molecular weight is 330 g/mol. The van der Waals surface area contributed by atoms with Gasteiger partial charge in [-0.25, -0.2) is 0 Å². The van der Waals surface area contributed by atoms with Gasteiger partial charge in [-0.2, -0.15) is 0 Å². The Labute approximate surface area is 132 Å². The third-order valence-corrected chi connectivity index (χ3v) is 3.68. The summed E-state index contributed by atoms with van der Waals surface area (Å²) in [7, 11) is 1.68. The monoisotopic (exact) mass is 328 g/mol. The van der Waals surface area contributed by atoms with Gasteiger partial charge in [-0.1, -0.05) is 40.9 Å². The first kappa shape index (κ1) is 15.1. The predicted molar refractivity (Wildman–Crippen MR) is 81.5 cm³/mol. The number of halogens is 3. The fraction of sp³-hybridized carbons (Fsp3) is 0.143. The maximum absolute atomic E-state index is 12.3. The Morgan fingerprint density at radius 2 is 1.95 bits per heavy atom. The fourth-order valence-corrected chi connectivity index (χ4v) is 2.37. The first-order valence-electron chi connectivity index (χ1n) is 5.78. The molecule has 0 atom stereocenters. The Morgan fingerprint density at radius 3 is 2.60 bits per heavy atom. The van der Waals surface area contributed by atoms with Crippen molar-refractivity contribution in [2.24, 2.45) is 0 Å². The number of amides is 1. The van der Waals surface area contributed by atoms with Crippen LogP contribution in [-0.4, -0.2) is 22.8 Å². The van der Waals surface area contributed by atoms with Crippen molar-refractivity contribution < 1.29 is 4.79 Å². The van der Waals surface area contributed by atoms with E-state index >= 15 is 0 Å². The second kappa shape index (κ2) is 6.44. The third-order valence-electron chi connectivity index (χ3n) is 2.77. The molecule has 0 aliphatic heterocycles. The molecule has 2 rings (SSSR count). The van der Waals surface area contributed by atoms with Crippen molar-refractivity contribution in [1.29, 1.82) is 0 Å². The maximum atomic E-state index is 12.3. The van der Waals surface area contributed by atoms with Gasteiger partial charge in [0.05, 0.1) is 10.6 Å². The van der Waals surface area contributed by atoms with Gasteiger partial charge < -0.3 is 4.90 Å². The Bertz CT molecular complexity index is 646. The number of carbonyl (C=O) groups excluding carboxylic acids is 1. The number of hydrogen-bond acceptors (Lipinski definition) is 2. The summed E-state index contributed by atoms with van der Waals surface area (Å²) in [5.74, 6) is -0.214. The summed E-state index contributed by atoms with van der Waals surface area (Å²) in [6.07, 6.45) is 2.99. The van der Waals surface area contributed by atoms with Crippen molar-refractivity contribution in [2.45, 2.75) is 6.54 Å².